The first-order chi connectivity index (χ1) is 9.37. The predicted molar refractivity (Wildman–Crippen MR) is 77.7 cm³/mol. The van der Waals surface area contributed by atoms with E-state index >= 15 is 0 Å². The third-order valence-corrected chi connectivity index (χ3v) is 3.63. The third kappa shape index (κ3) is 5.44. The Morgan fingerprint density at radius 2 is 2.05 bits per heavy atom. The molecule has 0 spiro atoms. The fourth-order valence-electron chi connectivity index (χ4n) is 1.86. The van der Waals surface area contributed by atoms with Crippen LogP contribution in [0.4, 0.5) is 8.78 Å². The van der Waals surface area contributed by atoms with Crippen LogP contribution in [0.1, 0.15) is 18.9 Å². The first-order valence-electron chi connectivity index (χ1n) is 6.42. The van der Waals surface area contributed by atoms with Crippen molar-refractivity contribution in [2.24, 2.45) is 0 Å². The number of rotatable bonds is 8. The molecule has 1 aromatic carbocycles. The van der Waals surface area contributed by atoms with Crippen LogP contribution in [0.25, 0.3) is 0 Å². The second-order valence-electron chi connectivity index (χ2n) is 4.99. The fraction of sp³-hybridized carbons (Fsp3) is 0.571. The Morgan fingerprint density at radius 3 is 2.70 bits per heavy atom. The minimum Gasteiger partial charge on any atom is -0.390 e. The zero-order chi connectivity index (χ0) is 15.2. The highest BCUT2D eigenvalue weighted by molar-refractivity contribution is 9.10. The topological polar surface area (TPSA) is 41.5 Å². The molecule has 1 aromatic rings. The lowest BCUT2D eigenvalue weighted by Crippen LogP contribution is -2.33. The number of ether oxygens (including phenoxy) is 1. The van der Waals surface area contributed by atoms with Crippen LogP contribution in [0.2, 0.25) is 0 Å². The summed E-state index contributed by atoms with van der Waals surface area (Å²) in [5.74, 6) is -1.30. The highest BCUT2D eigenvalue weighted by Crippen LogP contribution is 2.26. The second kappa shape index (κ2) is 8.02. The van der Waals surface area contributed by atoms with E-state index in [-0.39, 0.29) is 16.5 Å². The lowest BCUT2D eigenvalue weighted by molar-refractivity contribution is 0.0492. The smallest absolute Gasteiger partial charge is 0.143 e. The van der Waals surface area contributed by atoms with Crippen molar-refractivity contribution >= 4 is 15.9 Å². The molecule has 0 aliphatic carbocycles. The van der Waals surface area contributed by atoms with E-state index in [1.807, 2.05) is 0 Å². The van der Waals surface area contributed by atoms with Crippen LogP contribution in [0.3, 0.4) is 0 Å². The number of aliphatic hydroxyl groups is 1. The molecule has 2 N–H and O–H groups in total. The summed E-state index contributed by atoms with van der Waals surface area (Å²) in [7, 11) is 1.61. The van der Waals surface area contributed by atoms with Crippen molar-refractivity contribution < 1.29 is 18.6 Å². The van der Waals surface area contributed by atoms with Gasteiger partial charge in [-0.25, -0.2) is 8.78 Å². The van der Waals surface area contributed by atoms with Gasteiger partial charge in [-0.15, -0.1) is 0 Å². The van der Waals surface area contributed by atoms with Crippen molar-refractivity contribution in [2.75, 3.05) is 26.8 Å². The molecule has 0 saturated heterocycles. The Kier molecular flexibility index (Phi) is 7.02. The van der Waals surface area contributed by atoms with Gasteiger partial charge in [-0.2, -0.15) is 0 Å². The molecule has 0 aliphatic rings. The molecule has 0 fully saturated rings. The number of hydrogen-bond donors (Lipinski definition) is 2. The van der Waals surface area contributed by atoms with Gasteiger partial charge in [0.25, 0.3) is 0 Å². The van der Waals surface area contributed by atoms with Crippen molar-refractivity contribution in [3.8, 4) is 0 Å². The van der Waals surface area contributed by atoms with Crippen molar-refractivity contribution in [2.45, 2.75) is 25.4 Å². The number of methoxy groups -OCH3 is 1. The maximum atomic E-state index is 13.9. The Hall–Kier alpha value is -0.560. The molecule has 1 unspecified atom stereocenters. The van der Waals surface area contributed by atoms with E-state index in [2.05, 4.69) is 21.2 Å². The van der Waals surface area contributed by atoms with E-state index in [4.69, 9.17) is 4.74 Å². The summed E-state index contributed by atoms with van der Waals surface area (Å²) in [5.41, 5.74) is -1.27. The maximum Gasteiger partial charge on any atom is 0.143 e. The van der Waals surface area contributed by atoms with Crippen LogP contribution in [-0.2, 0) is 11.2 Å². The van der Waals surface area contributed by atoms with Crippen LogP contribution >= 0.6 is 15.9 Å². The average molecular weight is 352 g/mol. The van der Waals surface area contributed by atoms with E-state index in [1.54, 1.807) is 14.0 Å². The zero-order valence-electron chi connectivity index (χ0n) is 11.7. The summed E-state index contributed by atoms with van der Waals surface area (Å²) in [6, 6.07) is 2.50. The Bertz CT molecular complexity index is 441. The summed E-state index contributed by atoms with van der Waals surface area (Å²) >= 11 is 3.02. The van der Waals surface area contributed by atoms with Gasteiger partial charge in [0.1, 0.15) is 11.6 Å². The Labute approximate surface area is 126 Å². The number of halogens is 3. The largest absolute Gasteiger partial charge is 0.390 e. The third-order valence-electron chi connectivity index (χ3n) is 3.02. The van der Waals surface area contributed by atoms with Crippen LogP contribution in [0.15, 0.2) is 16.6 Å². The molecule has 0 radical (unpaired) electrons. The summed E-state index contributed by atoms with van der Waals surface area (Å²) in [4.78, 5) is 0. The van der Waals surface area contributed by atoms with Crippen molar-refractivity contribution in [1.82, 2.24) is 5.32 Å². The standard InChI is InChI=1S/C14H20BrF2NO2/c1-14(19,5-6-18-7-8-20-2)9-10-12(16)4-3-11(15)13(10)17/h3-4,18-19H,5-9H2,1-2H3. The van der Waals surface area contributed by atoms with E-state index in [1.165, 1.54) is 12.1 Å². The van der Waals surface area contributed by atoms with Gasteiger partial charge in [0.15, 0.2) is 0 Å². The minimum atomic E-state index is -1.18. The van der Waals surface area contributed by atoms with Crippen LogP contribution < -0.4 is 5.32 Å². The van der Waals surface area contributed by atoms with Gasteiger partial charge in [-0.3, -0.25) is 0 Å². The fourth-order valence-corrected chi connectivity index (χ4v) is 2.23. The molecule has 3 nitrogen and oxygen atoms in total. The molecule has 6 heteroatoms. The molecule has 0 amide bonds. The number of benzene rings is 1. The van der Waals surface area contributed by atoms with E-state index in [0.29, 0.717) is 26.1 Å². The summed E-state index contributed by atoms with van der Waals surface area (Å²) in [5, 5.41) is 13.3. The van der Waals surface area contributed by atoms with Crippen LogP contribution in [0.5, 0.6) is 0 Å². The molecule has 0 aromatic heterocycles. The first-order valence-corrected chi connectivity index (χ1v) is 7.21. The van der Waals surface area contributed by atoms with Crippen molar-refractivity contribution in [1.29, 1.82) is 0 Å². The van der Waals surface area contributed by atoms with Crippen LogP contribution in [-0.4, -0.2) is 37.5 Å². The van der Waals surface area contributed by atoms with Crippen molar-refractivity contribution in [3.05, 3.63) is 33.8 Å². The highest BCUT2D eigenvalue weighted by atomic mass is 79.9. The van der Waals surface area contributed by atoms with E-state index in [9.17, 15) is 13.9 Å². The molecule has 1 atom stereocenters. The summed E-state index contributed by atoms with van der Waals surface area (Å²) in [6.45, 7) is 3.38. The summed E-state index contributed by atoms with van der Waals surface area (Å²) in [6.07, 6.45) is 0.318. The van der Waals surface area contributed by atoms with Gasteiger partial charge in [-0.1, -0.05) is 0 Å². The van der Waals surface area contributed by atoms with Crippen LogP contribution in [0, 0.1) is 11.6 Å². The molecule has 0 bridgehead atoms. The average Bonchev–Trinajstić information content (AvgIpc) is 2.39. The molecular formula is C14H20BrF2NO2. The number of nitrogens with one attached hydrogen (secondary N) is 1. The van der Waals surface area contributed by atoms with Gasteiger partial charge in [-0.05, 0) is 48.0 Å². The molecule has 0 aliphatic heterocycles. The predicted octanol–water partition coefficient (Wildman–Crippen LogP) is 2.65. The molecule has 20 heavy (non-hydrogen) atoms. The Balaban J connectivity index is 2.60. The minimum absolute atomic E-state index is 0.0733. The Morgan fingerprint density at radius 1 is 1.35 bits per heavy atom. The maximum absolute atomic E-state index is 13.9. The van der Waals surface area contributed by atoms with Gasteiger partial charge in [0.2, 0.25) is 0 Å². The SMILES string of the molecule is COCCNCCC(C)(O)Cc1c(F)ccc(Br)c1F. The monoisotopic (exact) mass is 351 g/mol. The van der Waals surface area contributed by atoms with Gasteiger partial charge < -0.3 is 15.2 Å². The number of hydrogen-bond acceptors (Lipinski definition) is 3. The molecular weight excluding hydrogens is 332 g/mol. The van der Waals surface area contributed by atoms with Crippen molar-refractivity contribution in [3.63, 3.8) is 0 Å². The zero-order valence-corrected chi connectivity index (χ0v) is 13.3. The van der Waals surface area contributed by atoms with Gasteiger partial charge >= 0.3 is 0 Å². The quantitative estimate of drug-likeness (QED) is 0.558. The molecule has 114 valence electrons. The van der Waals surface area contributed by atoms with Gasteiger partial charge in [0, 0.05) is 25.6 Å². The molecule has 0 saturated carbocycles. The van der Waals surface area contributed by atoms with Gasteiger partial charge in [0.05, 0.1) is 16.7 Å². The summed E-state index contributed by atoms with van der Waals surface area (Å²) < 4.78 is 32.6. The lowest BCUT2D eigenvalue weighted by Gasteiger charge is -2.24. The second-order valence-corrected chi connectivity index (χ2v) is 5.84. The van der Waals surface area contributed by atoms with E-state index < -0.39 is 17.2 Å². The van der Waals surface area contributed by atoms with E-state index in [0.717, 1.165) is 0 Å². The molecule has 1 rings (SSSR count). The first kappa shape index (κ1) is 17.5. The lowest BCUT2D eigenvalue weighted by atomic mass is 9.92. The highest BCUT2D eigenvalue weighted by Gasteiger charge is 2.25. The molecule has 0 heterocycles. The normalized spacial score (nSPS) is 14.3.